The molecule has 1 rings (SSSR count). The maximum atomic E-state index is 13.5. The summed E-state index contributed by atoms with van der Waals surface area (Å²) in [5.41, 5.74) is 6.38. The summed E-state index contributed by atoms with van der Waals surface area (Å²) in [4.78, 5) is 10.7. The molecule has 0 spiro atoms. The fourth-order valence-corrected chi connectivity index (χ4v) is 1.72. The third-order valence-corrected chi connectivity index (χ3v) is 2.53. The Balaban J connectivity index is 3.10. The van der Waals surface area contributed by atoms with Crippen molar-refractivity contribution in [2.24, 2.45) is 5.73 Å². The predicted molar refractivity (Wildman–Crippen MR) is 61.8 cm³/mol. The molecule has 2 unspecified atom stereocenters. The van der Waals surface area contributed by atoms with Crippen LogP contribution in [0.4, 0.5) is 4.39 Å². The Morgan fingerprint density at radius 2 is 2.24 bits per heavy atom. The van der Waals surface area contributed by atoms with Gasteiger partial charge in [0.2, 0.25) is 0 Å². The van der Waals surface area contributed by atoms with Crippen molar-refractivity contribution in [2.75, 3.05) is 7.11 Å². The number of aliphatic carboxylic acids is 1. The number of nitrogens with two attached hydrogens (primary N) is 1. The number of carboxylic acid groups (broad SMARTS) is 1. The molecule has 0 amide bonds. The summed E-state index contributed by atoms with van der Waals surface area (Å²) >= 11 is 0. The number of alkyl halides is 1. The SMILES string of the molecule is COc1cccc(CC(N)C(=O)O)c1C(C)F. The van der Waals surface area contributed by atoms with Crippen molar-refractivity contribution in [3.8, 4) is 5.75 Å². The van der Waals surface area contributed by atoms with Gasteiger partial charge in [-0.1, -0.05) is 12.1 Å². The van der Waals surface area contributed by atoms with Crippen LogP contribution in [0.1, 0.15) is 24.2 Å². The molecule has 4 nitrogen and oxygen atoms in total. The molecule has 0 saturated heterocycles. The minimum absolute atomic E-state index is 0.0795. The van der Waals surface area contributed by atoms with E-state index in [1.807, 2.05) is 0 Å². The van der Waals surface area contributed by atoms with Crippen molar-refractivity contribution in [2.45, 2.75) is 25.6 Å². The first-order chi connectivity index (χ1) is 7.97. The molecule has 1 aromatic carbocycles. The van der Waals surface area contributed by atoms with E-state index in [1.165, 1.54) is 14.0 Å². The molecule has 0 saturated carbocycles. The number of methoxy groups -OCH3 is 1. The van der Waals surface area contributed by atoms with Crippen LogP contribution in [0, 0.1) is 0 Å². The normalized spacial score (nSPS) is 14.1. The van der Waals surface area contributed by atoms with E-state index in [-0.39, 0.29) is 6.42 Å². The smallest absolute Gasteiger partial charge is 0.320 e. The van der Waals surface area contributed by atoms with Gasteiger partial charge in [-0.15, -0.1) is 0 Å². The van der Waals surface area contributed by atoms with Gasteiger partial charge in [-0.2, -0.15) is 0 Å². The van der Waals surface area contributed by atoms with Crippen LogP contribution in [0.3, 0.4) is 0 Å². The highest BCUT2D eigenvalue weighted by Crippen LogP contribution is 2.31. The number of carboxylic acids is 1. The van der Waals surface area contributed by atoms with E-state index in [1.54, 1.807) is 18.2 Å². The first-order valence-electron chi connectivity index (χ1n) is 5.25. The van der Waals surface area contributed by atoms with Crippen molar-refractivity contribution in [3.05, 3.63) is 29.3 Å². The molecule has 2 atom stereocenters. The minimum atomic E-state index is -1.23. The highest BCUT2D eigenvalue weighted by atomic mass is 19.1. The lowest BCUT2D eigenvalue weighted by Crippen LogP contribution is -2.32. The molecule has 0 heterocycles. The second-order valence-corrected chi connectivity index (χ2v) is 3.80. The van der Waals surface area contributed by atoms with Gasteiger partial charge in [0.05, 0.1) is 7.11 Å². The van der Waals surface area contributed by atoms with Gasteiger partial charge in [-0.05, 0) is 25.0 Å². The van der Waals surface area contributed by atoms with E-state index in [0.29, 0.717) is 16.9 Å². The van der Waals surface area contributed by atoms with Crippen LogP contribution < -0.4 is 10.5 Å². The third kappa shape index (κ3) is 3.17. The van der Waals surface area contributed by atoms with E-state index in [2.05, 4.69) is 0 Å². The zero-order chi connectivity index (χ0) is 13.0. The van der Waals surface area contributed by atoms with Gasteiger partial charge in [-0.25, -0.2) is 4.39 Å². The van der Waals surface area contributed by atoms with Gasteiger partial charge in [0, 0.05) is 5.56 Å². The van der Waals surface area contributed by atoms with Crippen LogP contribution in [-0.4, -0.2) is 24.2 Å². The summed E-state index contributed by atoms with van der Waals surface area (Å²) in [5, 5.41) is 8.75. The lowest BCUT2D eigenvalue weighted by Gasteiger charge is -2.16. The monoisotopic (exact) mass is 241 g/mol. The Hall–Kier alpha value is -1.62. The molecule has 0 aromatic heterocycles. The molecule has 5 heteroatoms. The van der Waals surface area contributed by atoms with Gasteiger partial charge < -0.3 is 15.6 Å². The number of hydrogen-bond donors (Lipinski definition) is 2. The summed E-state index contributed by atoms with van der Waals surface area (Å²) in [7, 11) is 1.45. The van der Waals surface area contributed by atoms with Crippen LogP contribution in [-0.2, 0) is 11.2 Å². The molecular weight excluding hydrogens is 225 g/mol. The van der Waals surface area contributed by atoms with Gasteiger partial charge >= 0.3 is 5.97 Å². The lowest BCUT2D eigenvalue weighted by molar-refractivity contribution is -0.138. The van der Waals surface area contributed by atoms with Crippen LogP contribution in [0.5, 0.6) is 5.75 Å². The Kier molecular flexibility index (Phi) is 4.45. The van der Waals surface area contributed by atoms with Crippen molar-refractivity contribution in [1.82, 2.24) is 0 Å². The highest BCUT2D eigenvalue weighted by molar-refractivity contribution is 5.73. The van der Waals surface area contributed by atoms with Crippen molar-refractivity contribution in [1.29, 1.82) is 0 Å². The standard InChI is InChI=1S/C12H16FNO3/c1-7(13)11-8(6-9(14)12(15)16)4-3-5-10(11)17-2/h3-5,7,9H,6,14H2,1-2H3,(H,15,16). The molecule has 0 bridgehead atoms. The molecule has 3 N–H and O–H groups in total. The maximum Gasteiger partial charge on any atom is 0.320 e. The Labute approximate surface area is 99.2 Å². The first kappa shape index (κ1) is 13.4. The Bertz CT molecular complexity index is 407. The maximum absolute atomic E-state index is 13.5. The molecule has 0 aliphatic carbocycles. The number of halogens is 1. The fraction of sp³-hybridized carbons (Fsp3) is 0.417. The number of carbonyl (C=O) groups is 1. The van der Waals surface area contributed by atoms with E-state index < -0.39 is 18.2 Å². The van der Waals surface area contributed by atoms with E-state index >= 15 is 0 Å². The number of benzene rings is 1. The summed E-state index contributed by atoms with van der Waals surface area (Å²) < 4.78 is 18.6. The Morgan fingerprint density at radius 3 is 2.71 bits per heavy atom. The summed E-state index contributed by atoms with van der Waals surface area (Å²) in [6.07, 6.45) is -1.15. The molecular formula is C12H16FNO3. The molecule has 0 fully saturated rings. The lowest BCUT2D eigenvalue weighted by atomic mass is 9.97. The van der Waals surface area contributed by atoms with Crippen LogP contribution in [0.25, 0.3) is 0 Å². The molecule has 94 valence electrons. The van der Waals surface area contributed by atoms with Gasteiger partial charge in [-0.3, -0.25) is 4.79 Å². The first-order valence-corrected chi connectivity index (χ1v) is 5.25. The van der Waals surface area contributed by atoms with Crippen LogP contribution >= 0.6 is 0 Å². The quantitative estimate of drug-likeness (QED) is 0.822. The average Bonchev–Trinajstić information content (AvgIpc) is 2.27. The zero-order valence-corrected chi connectivity index (χ0v) is 9.81. The molecule has 0 aliphatic heterocycles. The topological polar surface area (TPSA) is 72.5 Å². The summed E-state index contributed by atoms with van der Waals surface area (Å²) in [6, 6.07) is 3.95. The van der Waals surface area contributed by atoms with Gasteiger partial charge in [0.1, 0.15) is 18.0 Å². The van der Waals surface area contributed by atoms with Crippen LogP contribution in [0.15, 0.2) is 18.2 Å². The summed E-state index contributed by atoms with van der Waals surface area (Å²) in [6.45, 7) is 1.38. The van der Waals surface area contributed by atoms with Crippen LogP contribution in [0.2, 0.25) is 0 Å². The van der Waals surface area contributed by atoms with Gasteiger partial charge in [0.25, 0.3) is 0 Å². The molecule has 17 heavy (non-hydrogen) atoms. The van der Waals surface area contributed by atoms with E-state index in [9.17, 15) is 9.18 Å². The zero-order valence-electron chi connectivity index (χ0n) is 9.81. The van der Waals surface area contributed by atoms with Crippen molar-refractivity contribution in [3.63, 3.8) is 0 Å². The largest absolute Gasteiger partial charge is 0.496 e. The minimum Gasteiger partial charge on any atom is -0.496 e. The predicted octanol–water partition coefficient (Wildman–Crippen LogP) is 1.68. The second kappa shape index (κ2) is 5.63. The molecule has 0 radical (unpaired) electrons. The Morgan fingerprint density at radius 1 is 1.59 bits per heavy atom. The highest BCUT2D eigenvalue weighted by Gasteiger charge is 2.19. The number of hydrogen-bond acceptors (Lipinski definition) is 3. The van der Waals surface area contributed by atoms with E-state index in [0.717, 1.165) is 0 Å². The number of ether oxygens (including phenoxy) is 1. The second-order valence-electron chi connectivity index (χ2n) is 3.80. The molecule has 0 aliphatic rings. The van der Waals surface area contributed by atoms with Gasteiger partial charge in [0.15, 0.2) is 0 Å². The molecule has 1 aromatic rings. The fourth-order valence-electron chi connectivity index (χ4n) is 1.72. The van der Waals surface area contributed by atoms with E-state index in [4.69, 9.17) is 15.6 Å². The average molecular weight is 241 g/mol. The third-order valence-electron chi connectivity index (χ3n) is 2.53. The summed E-state index contributed by atoms with van der Waals surface area (Å²) in [5.74, 6) is -0.694. The van der Waals surface area contributed by atoms with Crippen molar-refractivity contribution < 1.29 is 19.0 Å². The van der Waals surface area contributed by atoms with Crippen molar-refractivity contribution >= 4 is 5.97 Å². The number of rotatable bonds is 5.